The topological polar surface area (TPSA) is 73.8 Å². The van der Waals surface area contributed by atoms with E-state index in [1.807, 2.05) is 0 Å². The van der Waals surface area contributed by atoms with Gasteiger partial charge >= 0.3 is 0 Å². The van der Waals surface area contributed by atoms with Gasteiger partial charge in [0.25, 0.3) is 16.1 Å². The number of carbonyl (C=O) groups excluding carboxylic acids is 1. The van der Waals surface area contributed by atoms with Gasteiger partial charge in [-0.25, -0.2) is 0 Å². The Bertz CT molecular complexity index is 649. The summed E-state index contributed by atoms with van der Waals surface area (Å²) in [6.45, 7) is 2.76. The molecule has 7 nitrogen and oxygen atoms in total. The molecule has 0 unspecified atom stereocenters. The first-order valence-corrected chi connectivity index (χ1v) is 9.93. The minimum absolute atomic E-state index is 0.0880. The number of pyridine rings is 1. The fraction of sp³-hybridized carbons (Fsp3) is 0.625. The highest BCUT2D eigenvalue weighted by atomic mass is 32.2. The zero-order valence-electron chi connectivity index (χ0n) is 13.8. The third-order valence-corrected chi connectivity index (χ3v) is 6.69. The molecule has 2 saturated heterocycles. The molecule has 1 amide bonds. The molecule has 3 rings (SSSR count). The van der Waals surface area contributed by atoms with Crippen molar-refractivity contribution in [3.63, 3.8) is 0 Å². The first-order chi connectivity index (χ1) is 11.6. The van der Waals surface area contributed by atoms with E-state index in [1.165, 1.54) is 4.31 Å². The van der Waals surface area contributed by atoms with Crippen molar-refractivity contribution >= 4 is 16.1 Å². The minimum Gasteiger partial charge on any atom is -0.336 e. The van der Waals surface area contributed by atoms with Crippen LogP contribution in [0.2, 0.25) is 0 Å². The predicted octanol–water partition coefficient (Wildman–Crippen LogP) is 0.960. The second-order valence-electron chi connectivity index (χ2n) is 6.25. The Labute approximate surface area is 143 Å². The van der Waals surface area contributed by atoms with E-state index >= 15 is 0 Å². The van der Waals surface area contributed by atoms with Crippen LogP contribution < -0.4 is 0 Å². The lowest BCUT2D eigenvalue weighted by Crippen LogP contribution is -2.54. The summed E-state index contributed by atoms with van der Waals surface area (Å²) in [6.07, 6.45) is 7.22. The first kappa shape index (κ1) is 17.3. The molecule has 0 radical (unpaired) electrons. The van der Waals surface area contributed by atoms with E-state index in [-0.39, 0.29) is 5.91 Å². The van der Waals surface area contributed by atoms with Crippen molar-refractivity contribution in [2.75, 3.05) is 39.3 Å². The fourth-order valence-electron chi connectivity index (χ4n) is 3.23. The Balaban J connectivity index is 1.61. The van der Waals surface area contributed by atoms with Crippen molar-refractivity contribution in [1.82, 2.24) is 18.5 Å². The average molecular weight is 352 g/mol. The van der Waals surface area contributed by atoms with Crippen LogP contribution in [0.3, 0.4) is 0 Å². The van der Waals surface area contributed by atoms with Gasteiger partial charge in [-0.1, -0.05) is 12.8 Å². The number of carbonyl (C=O) groups is 1. The molecule has 3 heterocycles. The third kappa shape index (κ3) is 3.76. The van der Waals surface area contributed by atoms with Crippen LogP contribution in [-0.2, 0) is 10.2 Å². The zero-order chi connectivity index (χ0) is 17.0. The van der Waals surface area contributed by atoms with Crippen molar-refractivity contribution in [3.05, 3.63) is 30.1 Å². The average Bonchev–Trinajstić information content (AvgIpc) is 2.92. The zero-order valence-corrected chi connectivity index (χ0v) is 14.6. The van der Waals surface area contributed by atoms with E-state index in [0.29, 0.717) is 44.8 Å². The van der Waals surface area contributed by atoms with E-state index in [9.17, 15) is 13.2 Å². The summed E-state index contributed by atoms with van der Waals surface area (Å²) in [7, 11) is -3.41. The number of rotatable bonds is 3. The molecule has 0 saturated carbocycles. The SMILES string of the molecule is O=C(c1cccnc1)N1CCN(S(=O)(=O)N2CCCCCC2)CC1. The molecule has 2 fully saturated rings. The van der Waals surface area contributed by atoms with Crippen LogP contribution in [0.5, 0.6) is 0 Å². The normalized spacial score (nSPS) is 21.4. The molecular formula is C16H24N4O3S. The van der Waals surface area contributed by atoms with Gasteiger partial charge in [-0.3, -0.25) is 9.78 Å². The quantitative estimate of drug-likeness (QED) is 0.812. The van der Waals surface area contributed by atoms with Gasteiger partial charge in [-0.05, 0) is 25.0 Å². The van der Waals surface area contributed by atoms with Crippen LogP contribution in [0, 0.1) is 0 Å². The van der Waals surface area contributed by atoms with Gasteiger partial charge in [0.1, 0.15) is 0 Å². The molecule has 1 aromatic rings. The van der Waals surface area contributed by atoms with Crippen LogP contribution >= 0.6 is 0 Å². The Morgan fingerprint density at radius 1 is 0.917 bits per heavy atom. The van der Waals surface area contributed by atoms with E-state index in [4.69, 9.17) is 0 Å². The summed E-state index contributed by atoms with van der Waals surface area (Å²) >= 11 is 0. The van der Waals surface area contributed by atoms with Crippen molar-refractivity contribution in [1.29, 1.82) is 0 Å². The number of amides is 1. The molecule has 0 N–H and O–H groups in total. The molecule has 24 heavy (non-hydrogen) atoms. The molecule has 0 aromatic carbocycles. The minimum atomic E-state index is -3.41. The molecule has 132 valence electrons. The van der Waals surface area contributed by atoms with Gasteiger partial charge in [0.15, 0.2) is 0 Å². The second kappa shape index (κ2) is 7.58. The molecule has 1 aromatic heterocycles. The van der Waals surface area contributed by atoms with Crippen LogP contribution in [0.15, 0.2) is 24.5 Å². The highest BCUT2D eigenvalue weighted by Gasteiger charge is 2.33. The Morgan fingerprint density at radius 2 is 1.54 bits per heavy atom. The van der Waals surface area contributed by atoms with Crippen molar-refractivity contribution in [2.24, 2.45) is 0 Å². The summed E-state index contributed by atoms with van der Waals surface area (Å²) in [5.41, 5.74) is 0.543. The molecule has 0 spiro atoms. The van der Waals surface area contributed by atoms with Crippen LogP contribution in [0.25, 0.3) is 0 Å². The number of nitrogens with zero attached hydrogens (tertiary/aromatic N) is 4. The monoisotopic (exact) mass is 352 g/mol. The molecule has 0 atom stereocenters. The number of aromatic nitrogens is 1. The standard InChI is InChI=1S/C16H24N4O3S/c21-16(15-6-5-7-17-14-15)18-10-12-20(13-11-18)24(22,23)19-8-3-1-2-4-9-19/h5-7,14H,1-4,8-13H2. The Hall–Kier alpha value is -1.51. The molecule has 0 aliphatic carbocycles. The highest BCUT2D eigenvalue weighted by Crippen LogP contribution is 2.18. The van der Waals surface area contributed by atoms with Gasteiger partial charge in [0.2, 0.25) is 0 Å². The van der Waals surface area contributed by atoms with E-state index in [0.717, 1.165) is 25.7 Å². The lowest BCUT2D eigenvalue weighted by atomic mass is 10.2. The number of piperazine rings is 1. The molecule has 8 heteroatoms. The molecule has 0 bridgehead atoms. The first-order valence-electron chi connectivity index (χ1n) is 8.53. The summed E-state index contributed by atoms with van der Waals surface area (Å²) < 4.78 is 28.7. The van der Waals surface area contributed by atoms with Crippen LogP contribution in [-0.4, -0.2) is 72.1 Å². The predicted molar refractivity (Wildman–Crippen MR) is 90.7 cm³/mol. The van der Waals surface area contributed by atoms with Crippen LogP contribution in [0.1, 0.15) is 36.0 Å². The fourth-order valence-corrected chi connectivity index (χ4v) is 4.90. The van der Waals surface area contributed by atoms with Gasteiger partial charge in [-0.2, -0.15) is 17.0 Å². The molecular weight excluding hydrogens is 328 g/mol. The van der Waals surface area contributed by atoms with Crippen molar-refractivity contribution in [2.45, 2.75) is 25.7 Å². The molecule has 2 aliphatic heterocycles. The van der Waals surface area contributed by atoms with Crippen molar-refractivity contribution < 1.29 is 13.2 Å². The maximum absolute atomic E-state index is 12.8. The van der Waals surface area contributed by atoms with E-state index < -0.39 is 10.2 Å². The maximum atomic E-state index is 12.8. The number of hydrogen-bond donors (Lipinski definition) is 0. The maximum Gasteiger partial charge on any atom is 0.282 e. The van der Waals surface area contributed by atoms with Gasteiger partial charge in [0, 0.05) is 51.7 Å². The summed E-state index contributed by atoms with van der Waals surface area (Å²) in [6, 6.07) is 3.46. The van der Waals surface area contributed by atoms with E-state index in [1.54, 1.807) is 33.7 Å². The largest absolute Gasteiger partial charge is 0.336 e. The lowest BCUT2D eigenvalue weighted by molar-refractivity contribution is 0.0693. The summed E-state index contributed by atoms with van der Waals surface area (Å²) in [4.78, 5) is 18.1. The Kier molecular flexibility index (Phi) is 5.47. The molecule has 2 aliphatic rings. The van der Waals surface area contributed by atoms with E-state index in [2.05, 4.69) is 4.98 Å². The van der Waals surface area contributed by atoms with Crippen LogP contribution in [0.4, 0.5) is 0 Å². The summed E-state index contributed by atoms with van der Waals surface area (Å²) in [5.74, 6) is -0.0880. The third-order valence-electron chi connectivity index (χ3n) is 4.65. The van der Waals surface area contributed by atoms with Gasteiger partial charge in [0.05, 0.1) is 5.56 Å². The Morgan fingerprint density at radius 3 is 2.12 bits per heavy atom. The van der Waals surface area contributed by atoms with Crippen molar-refractivity contribution in [3.8, 4) is 0 Å². The second-order valence-corrected chi connectivity index (χ2v) is 8.18. The lowest BCUT2D eigenvalue weighted by Gasteiger charge is -2.36. The highest BCUT2D eigenvalue weighted by molar-refractivity contribution is 7.86. The summed E-state index contributed by atoms with van der Waals surface area (Å²) in [5, 5.41) is 0. The number of hydrogen-bond acceptors (Lipinski definition) is 4. The smallest absolute Gasteiger partial charge is 0.282 e. The van der Waals surface area contributed by atoms with Gasteiger partial charge in [-0.15, -0.1) is 0 Å². The van der Waals surface area contributed by atoms with Gasteiger partial charge < -0.3 is 4.90 Å².